The Morgan fingerprint density at radius 3 is 2.90 bits per heavy atom. The van der Waals surface area contributed by atoms with Crippen LogP contribution in [0.3, 0.4) is 0 Å². The zero-order valence-electron chi connectivity index (χ0n) is 10.7. The van der Waals surface area contributed by atoms with Crippen molar-refractivity contribution < 1.29 is 17.4 Å². The summed E-state index contributed by atoms with van der Waals surface area (Å²) in [4.78, 5) is 19.1. The van der Waals surface area contributed by atoms with E-state index in [0.29, 0.717) is 10.8 Å². The number of nitrogens with zero attached hydrogens (tertiary/aromatic N) is 2. The van der Waals surface area contributed by atoms with Crippen molar-refractivity contribution in [3.63, 3.8) is 0 Å². The molecule has 0 saturated carbocycles. The molecule has 0 aromatic carbocycles. The summed E-state index contributed by atoms with van der Waals surface area (Å²) in [6, 6.07) is 0. The molecular weight excluding hydrogens is 340 g/mol. The normalized spacial score (nSPS) is 13.2. The molecule has 0 aliphatic rings. The van der Waals surface area contributed by atoms with Crippen molar-refractivity contribution in [3.05, 3.63) is 11.1 Å². The number of hydrogen-bond donors (Lipinski definition) is 4. The zero-order chi connectivity index (χ0) is 15.9. The average Bonchev–Trinajstić information content (AvgIpc) is 2.79. The lowest BCUT2D eigenvalue weighted by Crippen LogP contribution is -2.36. The molecule has 1 aromatic heterocycles. The van der Waals surface area contributed by atoms with Gasteiger partial charge in [0.05, 0.1) is 11.4 Å². The number of thiazole rings is 1. The highest BCUT2D eigenvalue weighted by molar-refractivity contribution is 7.87. The molecule has 1 amide bonds. The van der Waals surface area contributed by atoms with Crippen LogP contribution in [0.25, 0.3) is 0 Å². The van der Waals surface area contributed by atoms with E-state index < -0.39 is 26.9 Å². The van der Waals surface area contributed by atoms with Crippen molar-refractivity contribution in [3.8, 4) is 0 Å². The number of rotatable bonds is 8. The lowest BCUT2D eigenvalue weighted by molar-refractivity contribution is -0.118. The van der Waals surface area contributed by atoms with Crippen LogP contribution in [-0.4, -0.2) is 35.6 Å². The first kappa shape index (κ1) is 17.6. The van der Waals surface area contributed by atoms with Crippen molar-refractivity contribution in [1.29, 1.82) is 0 Å². The van der Waals surface area contributed by atoms with Gasteiger partial charge in [-0.05, 0) is 0 Å². The third-order valence-electron chi connectivity index (χ3n) is 1.91. The Balaban J connectivity index is 2.42. The fraction of sp³-hybridized carbons (Fsp3) is 0.375. The van der Waals surface area contributed by atoms with Crippen molar-refractivity contribution in [1.82, 2.24) is 15.1 Å². The van der Waals surface area contributed by atoms with Crippen LogP contribution in [0.1, 0.15) is 12.1 Å². The van der Waals surface area contributed by atoms with Crippen molar-refractivity contribution >= 4 is 49.7 Å². The van der Waals surface area contributed by atoms with E-state index in [2.05, 4.69) is 20.5 Å². The number of nitrogens with two attached hydrogens (primary N) is 2. The summed E-state index contributed by atoms with van der Waals surface area (Å²) in [5.41, 5.74) is 2.79. The van der Waals surface area contributed by atoms with Gasteiger partial charge in [-0.25, -0.2) is 25.7 Å². The fourth-order valence-electron chi connectivity index (χ4n) is 1.17. The quantitative estimate of drug-likeness (QED) is 0.185. The van der Waals surface area contributed by atoms with Gasteiger partial charge in [-0.1, -0.05) is 0 Å². The van der Waals surface area contributed by atoms with Gasteiger partial charge in [-0.3, -0.25) is 9.00 Å². The summed E-state index contributed by atoms with van der Waals surface area (Å²) >= 11 is 1.25. The van der Waals surface area contributed by atoms with Crippen LogP contribution in [0.4, 0.5) is 5.13 Å². The minimum absolute atomic E-state index is 0.00182. The highest BCUT2D eigenvalue weighted by atomic mass is 32.2. The van der Waals surface area contributed by atoms with Crippen LogP contribution < -0.4 is 21.1 Å². The third-order valence-corrected chi connectivity index (χ3v) is 4.50. The molecule has 6 N–H and O–H groups in total. The highest BCUT2D eigenvalue weighted by Crippen LogP contribution is 2.19. The van der Waals surface area contributed by atoms with Gasteiger partial charge < -0.3 is 5.43 Å². The molecule has 0 bridgehead atoms. The van der Waals surface area contributed by atoms with E-state index in [1.54, 1.807) is 10.1 Å². The maximum absolute atomic E-state index is 11.8. The Hall–Kier alpha value is -1.41. The Kier molecular flexibility index (Phi) is 6.83. The van der Waals surface area contributed by atoms with E-state index in [9.17, 15) is 17.4 Å². The van der Waals surface area contributed by atoms with E-state index in [-0.39, 0.29) is 17.9 Å². The molecular formula is C8H14N6O4S3. The van der Waals surface area contributed by atoms with Crippen LogP contribution in [0.5, 0.6) is 0 Å². The molecule has 10 nitrogen and oxygen atoms in total. The second-order valence-electron chi connectivity index (χ2n) is 3.65. The molecule has 0 saturated heterocycles. The van der Waals surface area contributed by atoms with Gasteiger partial charge in [0.2, 0.25) is 11.0 Å². The van der Waals surface area contributed by atoms with E-state index >= 15 is 0 Å². The summed E-state index contributed by atoms with van der Waals surface area (Å²) in [6.45, 7) is 0. The minimum Gasteiger partial charge on any atom is -0.315 e. The molecule has 1 unspecified atom stereocenters. The largest absolute Gasteiger partial charge is 0.315 e. The summed E-state index contributed by atoms with van der Waals surface area (Å²) < 4.78 is 34.5. The number of aliphatic imine (C=N–C) groups is 1. The SMILES string of the molecule is NNC=Nc1nc(CS(=O)CCC(=O)NS(N)(=O)=O)cs1. The molecule has 0 aliphatic carbocycles. The summed E-state index contributed by atoms with van der Waals surface area (Å²) in [5.74, 6) is 4.36. The molecule has 1 rings (SSSR count). The Morgan fingerprint density at radius 2 is 2.29 bits per heavy atom. The number of aromatic nitrogens is 1. The fourth-order valence-corrected chi connectivity index (χ4v) is 3.39. The molecule has 1 atom stereocenters. The lowest BCUT2D eigenvalue weighted by Gasteiger charge is -2.02. The molecule has 118 valence electrons. The smallest absolute Gasteiger partial charge is 0.298 e. The third kappa shape index (κ3) is 7.81. The second kappa shape index (κ2) is 8.14. The van der Waals surface area contributed by atoms with Crippen LogP contribution in [0.15, 0.2) is 10.4 Å². The zero-order valence-corrected chi connectivity index (χ0v) is 13.1. The average molecular weight is 354 g/mol. The monoisotopic (exact) mass is 354 g/mol. The molecule has 0 spiro atoms. The van der Waals surface area contributed by atoms with E-state index in [1.165, 1.54) is 17.7 Å². The number of carbonyl (C=O) groups is 1. The van der Waals surface area contributed by atoms with Gasteiger partial charge in [0.1, 0.15) is 6.34 Å². The van der Waals surface area contributed by atoms with Gasteiger partial charge in [0.15, 0.2) is 0 Å². The summed E-state index contributed by atoms with van der Waals surface area (Å²) in [5, 5.41) is 6.77. The number of carbonyl (C=O) groups excluding carboxylic acids is 1. The first-order chi connectivity index (χ1) is 9.80. The lowest BCUT2D eigenvalue weighted by atomic mass is 10.5. The second-order valence-corrected chi connectivity index (χ2v) is 7.36. The van der Waals surface area contributed by atoms with E-state index in [0.717, 1.165) is 0 Å². The van der Waals surface area contributed by atoms with Gasteiger partial charge in [0.25, 0.3) is 10.2 Å². The standard InChI is InChI=1S/C8H14N6O4S3/c9-12-5-11-8-13-6(3-19-8)4-20(16)2-1-7(15)14-21(10,17)18/h3,5H,1-2,4,9H2,(H,14,15)(H2,10,17,18)(H,11,12,13). The molecule has 13 heteroatoms. The maximum Gasteiger partial charge on any atom is 0.298 e. The first-order valence-corrected chi connectivity index (χ1v) is 9.33. The van der Waals surface area contributed by atoms with Crippen LogP contribution in [0, 0.1) is 0 Å². The van der Waals surface area contributed by atoms with Crippen LogP contribution in [0.2, 0.25) is 0 Å². The molecule has 21 heavy (non-hydrogen) atoms. The first-order valence-electron chi connectivity index (χ1n) is 5.41. The number of nitrogens with one attached hydrogen (secondary N) is 2. The predicted octanol–water partition coefficient (Wildman–Crippen LogP) is -1.78. The topological polar surface area (TPSA) is 170 Å². The number of amides is 1. The Morgan fingerprint density at radius 1 is 1.57 bits per heavy atom. The van der Waals surface area contributed by atoms with E-state index in [4.69, 9.17) is 5.84 Å². The maximum atomic E-state index is 11.8. The molecule has 0 aliphatic heterocycles. The molecule has 1 heterocycles. The van der Waals surface area contributed by atoms with Crippen molar-refractivity contribution in [2.45, 2.75) is 12.2 Å². The Bertz CT molecular complexity index is 640. The number of hydrazine groups is 1. The minimum atomic E-state index is -4.08. The molecule has 0 radical (unpaired) electrons. The predicted molar refractivity (Wildman–Crippen MR) is 80.2 cm³/mol. The van der Waals surface area contributed by atoms with Gasteiger partial charge >= 0.3 is 0 Å². The number of hydrogen-bond acceptors (Lipinski definition) is 8. The highest BCUT2D eigenvalue weighted by Gasteiger charge is 2.12. The van der Waals surface area contributed by atoms with Gasteiger partial charge in [-0.15, -0.1) is 11.3 Å². The van der Waals surface area contributed by atoms with Gasteiger partial charge in [-0.2, -0.15) is 8.42 Å². The summed E-state index contributed by atoms with van der Waals surface area (Å²) in [6.07, 6.45) is 1.05. The van der Waals surface area contributed by atoms with Crippen molar-refractivity contribution in [2.24, 2.45) is 16.0 Å². The van der Waals surface area contributed by atoms with Crippen LogP contribution in [-0.2, 0) is 31.6 Å². The van der Waals surface area contributed by atoms with Crippen molar-refractivity contribution in [2.75, 3.05) is 5.75 Å². The summed E-state index contributed by atoms with van der Waals surface area (Å²) in [7, 11) is -5.43. The van der Waals surface area contributed by atoms with E-state index in [1.807, 2.05) is 0 Å². The molecule has 1 aromatic rings. The Labute approximate surface area is 127 Å². The van der Waals surface area contributed by atoms with Gasteiger partial charge in [0, 0.05) is 28.4 Å². The molecule has 0 fully saturated rings. The van der Waals surface area contributed by atoms with Crippen LogP contribution >= 0.6 is 11.3 Å².